The van der Waals surface area contributed by atoms with E-state index in [4.69, 9.17) is 15.9 Å². The average Bonchev–Trinajstić information content (AvgIpc) is 2.72. The number of fused-ring (bicyclic) bond motifs is 1. The molecule has 2 aromatic carbocycles. The second-order valence-corrected chi connectivity index (χ2v) is 5.38. The number of nitrogens with zero attached hydrogens (tertiary/aromatic N) is 2. The van der Waals surface area contributed by atoms with E-state index in [0.29, 0.717) is 11.4 Å². The van der Waals surface area contributed by atoms with Crippen molar-refractivity contribution < 1.29 is 9.53 Å². The molecule has 0 radical (unpaired) electrons. The third-order valence-corrected chi connectivity index (χ3v) is 3.48. The van der Waals surface area contributed by atoms with Gasteiger partial charge in [0.1, 0.15) is 0 Å². The molecular weight excluding hydrogens is 318 g/mol. The van der Waals surface area contributed by atoms with Crippen molar-refractivity contribution in [1.82, 2.24) is 0 Å². The number of ether oxygens (including phenoxy) is 1. The summed E-state index contributed by atoms with van der Waals surface area (Å²) in [6, 6.07) is 16.6. The zero-order chi connectivity index (χ0) is 17.8. The summed E-state index contributed by atoms with van der Waals surface area (Å²) in [5, 5.41) is 10.1. The van der Waals surface area contributed by atoms with Gasteiger partial charge in [-0.2, -0.15) is 4.99 Å². The van der Waals surface area contributed by atoms with Crippen LogP contribution >= 0.6 is 0 Å². The van der Waals surface area contributed by atoms with Crippen molar-refractivity contribution in [2.45, 2.75) is 13.1 Å². The predicted octanol–water partition coefficient (Wildman–Crippen LogP) is 2.13. The molecule has 7 nitrogen and oxygen atoms in total. The standard InChI is InChI=1S/C18H17N5O2/c1-11(19)25-18(20)23-16-17(24)21-14-10-6-5-9-13(14)15(22-16)12-7-3-2-4-8-12/h2-10,16,19H,1H3,(H2,20,23)(H,21,24). The van der Waals surface area contributed by atoms with Crippen LogP contribution in [0.3, 0.4) is 0 Å². The molecule has 1 heterocycles. The number of amidine groups is 1. The lowest BCUT2D eigenvalue weighted by Gasteiger charge is -2.09. The van der Waals surface area contributed by atoms with Gasteiger partial charge in [-0.15, -0.1) is 0 Å². The van der Waals surface area contributed by atoms with Crippen LogP contribution in [-0.2, 0) is 9.53 Å². The van der Waals surface area contributed by atoms with Crippen molar-refractivity contribution in [2.24, 2.45) is 15.7 Å². The van der Waals surface area contributed by atoms with Crippen molar-refractivity contribution in [3.05, 3.63) is 65.7 Å². The first-order valence-corrected chi connectivity index (χ1v) is 7.64. The summed E-state index contributed by atoms with van der Waals surface area (Å²) < 4.78 is 4.92. The number of anilines is 1. The summed E-state index contributed by atoms with van der Waals surface area (Å²) in [5.41, 5.74) is 8.57. The Bertz CT molecular complexity index is 874. The van der Waals surface area contributed by atoms with Crippen molar-refractivity contribution in [2.75, 3.05) is 5.32 Å². The zero-order valence-electron chi connectivity index (χ0n) is 13.6. The number of nitrogens with one attached hydrogen (secondary N) is 2. The number of nitrogens with two attached hydrogens (primary N) is 1. The van der Waals surface area contributed by atoms with Crippen LogP contribution in [0.15, 0.2) is 64.6 Å². The number of amides is 1. The van der Waals surface area contributed by atoms with E-state index in [9.17, 15) is 4.79 Å². The van der Waals surface area contributed by atoms with Gasteiger partial charge in [-0.1, -0.05) is 48.5 Å². The number of carbonyl (C=O) groups excluding carboxylic acids is 1. The molecule has 1 aliphatic rings. The van der Waals surface area contributed by atoms with Crippen LogP contribution in [0.25, 0.3) is 0 Å². The largest absolute Gasteiger partial charge is 0.412 e. The highest BCUT2D eigenvalue weighted by Crippen LogP contribution is 2.24. The minimum Gasteiger partial charge on any atom is -0.412 e. The molecule has 1 aliphatic heterocycles. The van der Waals surface area contributed by atoms with Gasteiger partial charge in [-0.3, -0.25) is 10.2 Å². The van der Waals surface area contributed by atoms with E-state index in [2.05, 4.69) is 15.3 Å². The molecule has 0 aliphatic carbocycles. The normalized spacial score (nSPS) is 17.0. The first-order valence-electron chi connectivity index (χ1n) is 7.64. The first kappa shape index (κ1) is 16.4. The van der Waals surface area contributed by atoms with Gasteiger partial charge in [0.15, 0.2) is 5.90 Å². The van der Waals surface area contributed by atoms with Crippen LogP contribution in [0.1, 0.15) is 18.1 Å². The molecule has 1 atom stereocenters. The number of hydrogen-bond donors (Lipinski definition) is 3. The summed E-state index contributed by atoms with van der Waals surface area (Å²) in [5.74, 6) is -0.543. The third-order valence-electron chi connectivity index (χ3n) is 3.48. The van der Waals surface area contributed by atoms with Crippen molar-refractivity contribution in [3.63, 3.8) is 0 Å². The van der Waals surface area contributed by atoms with Crippen LogP contribution in [0.2, 0.25) is 0 Å². The second-order valence-electron chi connectivity index (χ2n) is 5.38. The Morgan fingerprint density at radius 3 is 2.60 bits per heavy atom. The summed E-state index contributed by atoms with van der Waals surface area (Å²) in [4.78, 5) is 21.0. The lowest BCUT2D eigenvalue weighted by Crippen LogP contribution is -2.28. The number of rotatable bonds is 2. The molecule has 126 valence electrons. The minimum absolute atomic E-state index is 0.120. The maximum atomic E-state index is 12.5. The summed E-state index contributed by atoms with van der Waals surface area (Å²) >= 11 is 0. The average molecular weight is 335 g/mol. The third kappa shape index (κ3) is 3.72. The van der Waals surface area contributed by atoms with Gasteiger partial charge >= 0.3 is 0 Å². The SMILES string of the molecule is CC(=N)O/C(N)=N/C1N=C(c2ccccc2)c2ccccc2NC1=O. The molecule has 0 saturated carbocycles. The fraction of sp³-hybridized carbons (Fsp3) is 0.111. The summed E-state index contributed by atoms with van der Waals surface area (Å²) in [6.45, 7) is 1.42. The molecule has 0 spiro atoms. The van der Waals surface area contributed by atoms with Crippen LogP contribution < -0.4 is 11.1 Å². The Kier molecular flexibility index (Phi) is 4.56. The lowest BCUT2D eigenvalue weighted by molar-refractivity contribution is -0.117. The Morgan fingerprint density at radius 2 is 1.88 bits per heavy atom. The fourth-order valence-electron chi connectivity index (χ4n) is 2.46. The predicted molar refractivity (Wildman–Crippen MR) is 97.0 cm³/mol. The minimum atomic E-state index is -1.11. The highest BCUT2D eigenvalue weighted by molar-refractivity contribution is 6.19. The molecule has 25 heavy (non-hydrogen) atoms. The number of benzene rings is 2. The molecular formula is C18H17N5O2. The quantitative estimate of drug-likeness (QED) is 0.577. The van der Waals surface area contributed by atoms with E-state index >= 15 is 0 Å². The number of hydrogen-bond acceptors (Lipinski definition) is 5. The van der Waals surface area contributed by atoms with Gasteiger partial charge in [0.2, 0.25) is 6.17 Å². The molecule has 3 rings (SSSR count). The number of benzodiazepines with no additional fused rings is 1. The van der Waals surface area contributed by atoms with Crippen LogP contribution in [0.4, 0.5) is 5.69 Å². The molecule has 0 aromatic heterocycles. The maximum absolute atomic E-state index is 12.5. The topological polar surface area (TPSA) is 113 Å². The van der Waals surface area contributed by atoms with Gasteiger partial charge in [-0.25, -0.2) is 4.99 Å². The van der Waals surface area contributed by atoms with Gasteiger partial charge in [0.25, 0.3) is 11.9 Å². The number of para-hydroxylation sites is 1. The van der Waals surface area contributed by atoms with E-state index in [1.54, 1.807) is 6.07 Å². The van der Waals surface area contributed by atoms with E-state index in [0.717, 1.165) is 11.1 Å². The van der Waals surface area contributed by atoms with Gasteiger partial charge in [0, 0.05) is 18.1 Å². The molecule has 7 heteroatoms. The van der Waals surface area contributed by atoms with Crippen LogP contribution in [0.5, 0.6) is 0 Å². The monoisotopic (exact) mass is 335 g/mol. The number of aliphatic imine (C=N–C) groups is 2. The maximum Gasteiger partial charge on any atom is 0.291 e. The first-order chi connectivity index (χ1) is 12.0. The Hall–Kier alpha value is -3.48. The van der Waals surface area contributed by atoms with Crippen molar-refractivity contribution >= 4 is 29.2 Å². The van der Waals surface area contributed by atoms with Crippen molar-refractivity contribution in [1.29, 1.82) is 5.41 Å². The van der Waals surface area contributed by atoms with Gasteiger partial charge in [0.05, 0.1) is 11.4 Å². The smallest absolute Gasteiger partial charge is 0.291 e. The Labute approximate surface area is 144 Å². The molecule has 0 saturated heterocycles. The van der Waals surface area contributed by atoms with E-state index < -0.39 is 12.1 Å². The molecule has 0 bridgehead atoms. The summed E-state index contributed by atoms with van der Waals surface area (Å²) in [6.07, 6.45) is -1.11. The molecule has 1 unspecified atom stereocenters. The zero-order valence-corrected chi connectivity index (χ0v) is 13.6. The van der Waals surface area contributed by atoms with Crippen LogP contribution in [0, 0.1) is 5.41 Å². The summed E-state index contributed by atoms with van der Waals surface area (Å²) in [7, 11) is 0. The second kappa shape index (κ2) is 6.96. The highest BCUT2D eigenvalue weighted by Gasteiger charge is 2.25. The van der Waals surface area contributed by atoms with Gasteiger partial charge in [-0.05, 0) is 6.07 Å². The van der Waals surface area contributed by atoms with E-state index in [1.807, 2.05) is 48.5 Å². The highest BCUT2D eigenvalue weighted by atomic mass is 16.5. The lowest BCUT2D eigenvalue weighted by atomic mass is 10.0. The van der Waals surface area contributed by atoms with E-state index in [-0.39, 0.29) is 11.9 Å². The van der Waals surface area contributed by atoms with E-state index in [1.165, 1.54) is 6.92 Å². The molecule has 2 aromatic rings. The molecule has 0 fully saturated rings. The molecule has 1 amide bonds. The fourth-order valence-corrected chi connectivity index (χ4v) is 2.46. The van der Waals surface area contributed by atoms with Gasteiger partial charge < -0.3 is 15.8 Å². The molecule has 4 N–H and O–H groups in total. The number of carbonyl (C=O) groups is 1. The Balaban J connectivity index is 2.10. The van der Waals surface area contributed by atoms with Crippen molar-refractivity contribution in [3.8, 4) is 0 Å². The van der Waals surface area contributed by atoms with Crippen LogP contribution in [-0.4, -0.2) is 29.7 Å². The Morgan fingerprint density at radius 1 is 1.20 bits per heavy atom.